The molecule has 0 bridgehead atoms. The van der Waals surface area contributed by atoms with Gasteiger partial charge in [-0.1, -0.05) is 24.3 Å². The van der Waals surface area contributed by atoms with Crippen LogP contribution < -0.4 is 0 Å². The molecule has 7 heteroatoms. The van der Waals surface area contributed by atoms with Crippen LogP contribution in [0.1, 0.15) is 26.6 Å². The van der Waals surface area contributed by atoms with E-state index in [-0.39, 0.29) is 23.6 Å². The van der Waals surface area contributed by atoms with Crippen molar-refractivity contribution in [2.75, 3.05) is 7.11 Å². The standard InChI is InChI=1S/C18H14N2O5/c1-23-17(21)13-8-5-9-14(10-13)18(22)24-11-15-19-20-16(25-15)12-6-3-2-4-7-12/h2-10H,11H2,1H3. The van der Waals surface area contributed by atoms with Gasteiger partial charge in [0.05, 0.1) is 18.2 Å². The molecule has 25 heavy (non-hydrogen) atoms. The Hall–Kier alpha value is -3.48. The Morgan fingerprint density at radius 2 is 1.68 bits per heavy atom. The molecule has 0 saturated heterocycles. The maximum absolute atomic E-state index is 12.1. The molecule has 3 aromatic rings. The van der Waals surface area contributed by atoms with E-state index in [1.165, 1.54) is 19.2 Å². The quantitative estimate of drug-likeness (QED) is 0.660. The van der Waals surface area contributed by atoms with Crippen molar-refractivity contribution in [2.24, 2.45) is 0 Å². The summed E-state index contributed by atoms with van der Waals surface area (Å²) < 4.78 is 15.2. The minimum Gasteiger partial charge on any atom is -0.465 e. The molecule has 2 aromatic carbocycles. The zero-order valence-corrected chi connectivity index (χ0v) is 13.3. The fourth-order valence-corrected chi connectivity index (χ4v) is 2.11. The molecule has 1 heterocycles. The van der Waals surface area contributed by atoms with E-state index in [4.69, 9.17) is 9.15 Å². The minimum absolute atomic E-state index is 0.166. The van der Waals surface area contributed by atoms with Crippen molar-refractivity contribution in [1.82, 2.24) is 10.2 Å². The summed E-state index contributed by atoms with van der Waals surface area (Å²) in [5.41, 5.74) is 1.27. The average molecular weight is 338 g/mol. The fraction of sp³-hybridized carbons (Fsp3) is 0.111. The molecule has 0 amide bonds. The smallest absolute Gasteiger partial charge is 0.338 e. The highest BCUT2D eigenvalue weighted by molar-refractivity contribution is 5.95. The van der Waals surface area contributed by atoms with Crippen molar-refractivity contribution in [1.29, 1.82) is 0 Å². The molecule has 126 valence electrons. The number of aromatic nitrogens is 2. The second kappa shape index (κ2) is 7.39. The van der Waals surface area contributed by atoms with Crippen molar-refractivity contribution in [2.45, 2.75) is 6.61 Å². The summed E-state index contributed by atoms with van der Waals surface area (Å²) in [6.07, 6.45) is 0. The van der Waals surface area contributed by atoms with E-state index < -0.39 is 11.9 Å². The van der Waals surface area contributed by atoms with Gasteiger partial charge in [0.1, 0.15) is 0 Å². The van der Waals surface area contributed by atoms with Crippen LogP contribution in [-0.4, -0.2) is 29.2 Å². The van der Waals surface area contributed by atoms with Crippen LogP contribution >= 0.6 is 0 Å². The number of rotatable bonds is 5. The number of carbonyl (C=O) groups is 2. The van der Waals surface area contributed by atoms with E-state index in [9.17, 15) is 9.59 Å². The van der Waals surface area contributed by atoms with Crippen LogP contribution in [0.15, 0.2) is 59.0 Å². The Morgan fingerprint density at radius 3 is 2.40 bits per heavy atom. The fourth-order valence-electron chi connectivity index (χ4n) is 2.11. The van der Waals surface area contributed by atoms with E-state index in [0.717, 1.165) is 5.56 Å². The summed E-state index contributed by atoms with van der Waals surface area (Å²) in [6, 6.07) is 15.3. The van der Waals surface area contributed by atoms with E-state index >= 15 is 0 Å². The molecule has 0 radical (unpaired) electrons. The van der Waals surface area contributed by atoms with Crippen LogP contribution in [0.25, 0.3) is 11.5 Å². The summed E-state index contributed by atoms with van der Waals surface area (Å²) in [6.45, 7) is -0.166. The monoisotopic (exact) mass is 338 g/mol. The molecule has 7 nitrogen and oxygen atoms in total. The first-order valence-electron chi connectivity index (χ1n) is 7.40. The van der Waals surface area contributed by atoms with E-state index in [1.54, 1.807) is 12.1 Å². The lowest BCUT2D eigenvalue weighted by Crippen LogP contribution is -2.08. The molecule has 0 aliphatic rings. The van der Waals surface area contributed by atoms with Gasteiger partial charge >= 0.3 is 11.9 Å². The highest BCUT2D eigenvalue weighted by Crippen LogP contribution is 2.17. The SMILES string of the molecule is COC(=O)c1cccc(C(=O)OCc2nnc(-c3ccccc3)o2)c1. The van der Waals surface area contributed by atoms with Crippen LogP contribution in [0.3, 0.4) is 0 Å². The van der Waals surface area contributed by atoms with Gasteiger partial charge in [0.25, 0.3) is 5.89 Å². The number of ether oxygens (including phenoxy) is 2. The van der Waals surface area contributed by atoms with Crippen molar-refractivity contribution < 1.29 is 23.5 Å². The Balaban J connectivity index is 1.65. The van der Waals surface area contributed by atoms with Crippen LogP contribution in [-0.2, 0) is 16.1 Å². The lowest BCUT2D eigenvalue weighted by molar-refractivity contribution is 0.0438. The van der Waals surface area contributed by atoms with Crippen LogP contribution in [0.4, 0.5) is 0 Å². The molecular formula is C18H14N2O5. The Morgan fingerprint density at radius 1 is 0.960 bits per heavy atom. The number of carbonyl (C=O) groups excluding carboxylic acids is 2. The number of hydrogen-bond donors (Lipinski definition) is 0. The second-order valence-corrected chi connectivity index (χ2v) is 5.02. The molecule has 1 aromatic heterocycles. The van der Waals surface area contributed by atoms with Gasteiger partial charge in [-0.2, -0.15) is 0 Å². The summed E-state index contributed by atoms with van der Waals surface area (Å²) in [7, 11) is 1.27. The van der Waals surface area contributed by atoms with Crippen LogP contribution in [0, 0.1) is 0 Å². The van der Waals surface area contributed by atoms with Gasteiger partial charge < -0.3 is 13.9 Å². The second-order valence-electron chi connectivity index (χ2n) is 5.02. The third-order valence-corrected chi connectivity index (χ3v) is 3.33. The zero-order valence-electron chi connectivity index (χ0n) is 13.3. The Labute approximate surface area is 143 Å². The van der Waals surface area contributed by atoms with Gasteiger partial charge in [-0.3, -0.25) is 0 Å². The summed E-state index contributed by atoms with van der Waals surface area (Å²) >= 11 is 0. The van der Waals surface area contributed by atoms with Crippen LogP contribution in [0.2, 0.25) is 0 Å². The van der Waals surface area contributed by atoms with E-state index in [0.29, 0.717) is 5.89 Å². The third kappa shape index (κ3) is 3.89. The molecule has 0 atom stereocenters. The Kier molecular flexibility index (Phi) is 4.84. The maximum atomic E-state index is 12.1. The molecule has 3 rings (SSSR count). The molecular weight excluding hydrogens is 324 g/mol. The predicted molar refractivity (Wildman–Crippen MR) is 86.6 cm³/mol. The largest absolute Gasteiger partial charge is 0.465 e. The summed E-state index contributed by atoms with van der Waals surface area (Å²) in [5, 5.41) is 7.77. The topological polar surface area (TPSA) is 91.5 Å². The minimum atomic E-state index is -0.606. The van der Waals surface area contributed by atoms with Gasteiger partial charge in [0.2, 0.25) is 5.89 Å². The molecule has 0 fully saturated rings. The van der Waals surface area contributed by atoms with E-state index in [2.05, 4.69) is 14.9 Å². The van der Waals surface area contributed by atoms with Crippen molar-refractivity contribution in [3.8, 4) is 11.5 Å². The summed E-state index contributed by atoms with van der Waals surface area (Å²) in [5.74, 6) is -0.611. The summed E-state index contributed by atoms with van der Waals surface area (Å²) in [4.78, 5) is 23.6. The maximum Gasteiger partial charge on any atom is 0.338 e. The van der Waals surface area contributed by atoms with Crippen molar-refractivity contribution >= 4 is 11.9 Å². The number of methoxy groups -OCH3 is 1. The van der Waals surface area contributed by atoms with Crippen molar-refractivity contribution in [3.63, 3.8) is 0 Å². The number of esters is 2. The van der Waals surface area contributed by atoms with Crippen molar-refractivity contribution in [3.05, 3.63) is 71.6 Å². The van der Waals surface area contributed by atoms with Gasteiger partial charge in [-0.25, -0.2) is 9.59 Å². The number of hydrogen-bond acceptors (Lipinski definition) is 7. The van der Waals surface area contributed by atoms with Crippen LogP contribution in [0.5, 0.6) is 0 Å². The first kappa shape index (κ1) is 16.4. The third-order valence-electron chi connectivity index (χ3n) is 3.33. The first-order valence-corrected chi connectivity index (χ1v) is 7.40. The van der Waals surface area contributed by atoms with Gasteiger partial charge in [0, 0.05) is 5.56 Å². The molecule has 0 aliphatic carbocycles. The molecule has 0 spiro atoms. The zero-order chi connectivity index (χ0) is 17.6. The highest BCUT2D eigenvalue weighted by atomic mass is 16.5. The van der Waals surface area contributed by atoms with Gasteiger partial charge in [-0.05, 0) is 30.3 Å². The lowest BCUT2D eigenvalue weighted by atomic mass is 10.1. The van der Waals surface area contributed by atoms with Gasteiger partial charge in [-0.15, -0.1) is 10.2 Å². The molecule has 0 N–H and O–H groups in total. The Bertz CT molecular complexity index is 889. The number of nitrogens with zero attached hydrogens (tertiary/aromatic N) is 2. The normalized spacial score (nSPS) is 10.3. The lowest BCUT2D eigenvalue weighted by Gasteiger charge is -2.04. The van der Waals surface area contributed by atoms with E-state index in [1.807, 2.05) is 30.3 Å². The highest BCUT2D eigenvalue weighted by Gasteiger charge is 2.14. The van der Waals surface area contributed by atoms with Gasteiger partial charge in [0.15, 0.2) is 6.61 Å². The first-order chi connectivity index (χ1) is 12.2. The predicted octanol–water partition coefficient (Wildman–Crippen LogP) is 2.88. The number of benzene rings is 2. The average Bonchev–Trinajstić information content (AvgIpc) is 3.15. The molecule has 0 saturated carbocycles. The molecule has 0 aliphatic heterocycles. The molecule has 0 unspecified atom stereocenters.